The molecular formula is C16H14ClN3. The molecule has 3 rings (SSSR count). The molecule has 20 heavy (non-hydrogen) atoms. The summed E-state index contributed by atoms with van der Waals surface area (Å²) in [7, 11) is 0. The smallest absolute Gasteiger partial charge is 0.137 e. The number of aryl methyl sites for hydroxylation is 1. The van der Waals surface area contributed by atoms with Gasteiger partial charge in [-0.2, -0.15) is 0 Å². The molecule has 0 radical (unpaired) electrons. The second kappa shape index (κ2) is 5.47. The highest BCUT2D eigenvalue weighted by molar-refractivity contribution is 6.30. The summed E-state index contributed by atoms with van der Waals surface area (Å²) < 4.78 is 0. The molecule has 0 saturated heterocycles. The van der Waals surface area contributed by atoms with Crippen molar-refractivity contribution in [3.05, 3.63) is 64.9 Å². The van der Waals surface area contributed by atoms with Gasteiger partial charge in [-0.3, -0.25) is 0 Å². The van der Waals surface area contributed by atoms with E-state index in [0.717, 1.165) is 27.3 Å². The standard InChI is InChI=1S/C16H14ClN3/c1-11-2-7-15-14(8-11)16(20-10-19-15)18-9-12-3-5-13(17)6-4-12/h2-8,10H,9H2,1H3,(H,18,19,20). The Morgan fingerprint density at radius 2 is 1.85 bits per heavy atom. The summed E-state index contributed by atoms with van der Waals surface area (Å²) in [5.74, 6) is 0.855. The summed E-state index contributed by atoms with van der Waals surface area (Å²) in [6.07, 6.45) is 1.59. The number of nitrogens with one attached hydrogen (secondary N) is 1. The van der Waals surface area contributed by atoms with Crippen LogP contribution in [0.5, 0.6) is 0 Å². The first-order chi connectivity index (χ1) is 9.72. The molecular weight excluding hydrogens is 270 g/mol. The van der Waals surface area contributed by atoms with Crippen molar-refractivity contribution in [1.82, 2.24) is 9.97 Å². The summed E-state index contributed by atoms with van der Waals surface area (Å²) in [6.45, 7) is 2.77. The van der Waals surface area contributed by atoms with E-state index in [0.29, 0.717) is 6.54 Å². The molecule has 1 aromatic heterocycles. The lowest BCUT2D eigenvalue weighted by molar-refractivity contribution is 1.10. The van der Waals surface area contributed by atoms with Crippen LogP contribution in [-0.2, 0) is 6.54 Å². The maximum absolute atomic E-state index is 5.88. The number of rotatable bonds is 3. The van der Waals surface area contributed by atoms with E-state index in [9.17, 15) is 0 Å². The second-order valence-corrected chi connectivity index (χ2v) is 5.16. The molecule has 1 N–H and O–H groups in total. The van der Waals surface area contributed by atoms with E-state index in [-0.39, 0.29) is 0 Å². The summed E-state index contributed by atoms with van der Waals surface area (Å²) in [5, 5.41) is 5.15. The van der Waals surface area contributed by atoms with Crippen molar-refractivity contribution in [1.29, 1.82) is 0 Å². The molecule has 0 atom stereocenters. The highest BCUT2D eigenvalue weighted by atomic mass is 35.5. The van der Waals surface area contributed by atoms with Gasteiger partial charge in [0.15, 0.2) is 0 Å². The Bertz CT molecular complexity index is 738. The number of halogens is 1. The normalized spacial score (nSPS) is 10.7. The third-order valence-corrected chi connectivity index (χ3v) is 3.42. The minimum absolute atomic E-state index is 0.706. The molecule has 0 fully saturated rings. The van der Waals surface area contributed by atoms with Crippen LogP contribution in [0.3, 0.4) is 0 Å². The number of nitrogens with zero attached hydrogens (tertiary/aromatic N) is 2. The lowest BCUT2D eigenvalue weighted by Gasteiger charge is -2.09. The molecule has 0 saturated carbocycles. The van der Waals surface area contributed by atoms with E-state index in [4.69, 9.17) is 11.6 Å². The zero-order valence-corrected chi connectivity index (χ0v) is 11.9. The SMILES string of the molecule is Cc1ccc2ncnc(NCc3ccc(Cl)cc3)c2c1. The van der Waals surface area contributed by atoms with Gasteiger partial charge in [0, 0.05) is 17.0 Å². The Labute approximate surface area is 122 Å². The molecule has 4 heteroatoms. The Hall–Kier alpha value is -2.13. The predicted octanol–water partition coefficient (Wildman–Crippen LogP) is 4.20. The van der Waals surface area contributed by atoms with Crippen LogP contribution in [0.4, 0.5) is 5.82 Å². The van der Waals surface area contributed by atoms with Crippen LogP contribution in [0.1, 0.15) is 11.1 Å². The zero-order valence-electron chi connectivity index (χ0n) is 11.1. The van der Waals surface area contributed by atoms with Gasteiger partial charge in [0.05, 0.1) is 5.52 Å². The maximum Gasteiger partial charge on any atom is 0.137 e. The van der Waals surface area contributed by atoms with Crippen LogP contribution in [0.2, 0.25) is 5.02 Å². The van der Waals surface area contributed by atoms with Crippen molar-refractivity contribution in [2.24, 2.45) is 0 Å². The largest absolute Gasteiger partial charge is 0.365 e. The molecule has 0 amide bonds. The molecule has 3 aromatic rings. The Kier molecular flexibility index (Phi) is 3.52. The highest BCUT2D eigenvalue weighted by Gasteiger charge is 2.03. The Balaban J connectivity index is 1.87. The molecule has 0 aliphatic rings. The van der Waals surface area contributed by atoms with Crippen molar-refractivity contribution < 1.29 is 0 Å². The van der Waals surface area contributed by atoms with Gasteiger partial charge in [-0.1, -0.05) is 35.4 Å². The predicted molar refractivity (Wildman–Crippen MR) is 83.1 cm³/mol. The minimum atomic E-state index is 0.706. The number of aromatic nitrogens is 2. The third kappa shape index (κ3) is 2.73. The Morgan fingerprint density at radius 3 is 2.65 bits per heavy atom. The van der Waals surface area contributed by atoms with Gasteiger partial charge in [0.1, 0.15) is 12.1 Å². The fourth-order valence-electron chi connectivity index (χ4n) is 2.10. The average molecular weight is 284 g/mol. The van der Waals surface area contributed by atoms with Gasteiger partial charge in [-0.25, -0.2) is 9.97 Å². The van der Waals surface area contributed by atoms with Gasteiger partial charge in [0.25, 0.3) is 0 Å². The lowest BCUT2D eigenvalue weighted by Crippen LogP contribution is -2.02. The summed E-state index contributed by atoms with van der Waals surface area (Å²) in [6, 6.07) is 14.0. The van der Waals surface area contributed by atoms with Crippen LogP contribution < -0.4 is 5.32 Å². The molecule has 0 spiro atoms. The first kappa shape index (κ1) is 12.9. The Morgan fingerprint density at radius 1 is 1.05 bits per heavy atom. The fraction of sp³-hybridized carbons (Fsp3) is 0.125. The maximum atomic E-state index is 5.88. The van der Waals surface area contributed by atoms with Crippen LogP contribution in [0.25, 0.3) is 10.9 Å². The highest BCUT2D eigenvalue weighted by Crippen LogP contribution is 2.21. The number of anilines is 1. The topological polar surface area (TPSA) is 37.8 Å². The molecule has 0 aliphatic heterocycles. The first-order valence-corrected chi connectivity index (χ1v) is 6.80. The van der Waals surface area contributed by atoms with E-state index in [1.807, 2.05) is 30.3 Å². The van der Waals surface area contributed by atoms with E-state index in [2.05, 4.69) is 34.3 Å². The van der Waals surface area contributed by atoms with Gasteiger partial charge in [-0.05, 0) is 36.8 Å². The monoisotopic (exact) mass is 283 g/mol. The molecule has 0 bridgehead atoms. The number of fused-ring (bicyclic) bond motifs is 1. The van der Waals surface area contributed by atoms with Crippen molar-refractivity contribution >= 4 is 28.3 Å². The molecule has 3 nitrogen and oxygen atoms in total. The molecule has 100 valence electrons. The third-order valence-electron chi connectivity index (χ3n) is 3.16. The van der Waals surface area contributed by atoms with E-state index < -0.39 is 0 Å². The average Bonchev–Trinajstić information content (AvgIpc) is 2.47. The van der Waals surface area contributed by atoms with Crippen molar-refractivity contribution in [3.63, 3.8) is 0 Å². The summed E-state index contributed by atoms with van der Waals surface area (Å²) >= 11 is 5.88. The zero-order chi connectivity index (χ0) is 13.9. The quantitative estimate of drug-likeness (QED) is 0.783. The minimum Gasteiger partial charge on any atom is -0.365 e. The van der Waals surface area contributed by atoms with Gasteiger partial charge >= 0.3 is 0 Å². The molecule has 1 heterocycles. The first-order valence-electron chi connectivity index (χ1n) is 6.42. The number of hydrogen-bond donors (Lipinski definition) is 1. The van der Waals surface area contributed by atoms with Crippen LogP contribution in [-0.4, -0.2) is 9.97 Å². The van der Waals surface area contributed by atoms with Crippen molar-refractivity contribution in [2.45, 2.75) is 13.5 Å². The number of hydrogen-bond acceptors (Lipinski definition) is 3. The van der Waals surface area contributed by atoms with Gasteiger partial charge < -0.3 is 5.32 Å². The van der Waals surface area contributed by atoms with E-state index >= 15 is 0 Å². The fourth-order valence-corrected chi connectivity index (χ4v) is 2.23. The van der Waals surface area contributed by atoms with Crippen LogP contribution in [0.15, 0.2) is 48.8 Å². The van der Waals surface area contributed by atoms with Crippen LogP contribution >= 0.6 is 11.6 Å². The van der Waals surface area contributed by atoms with Crippen molar-refractivity contribution in [3.8, 4) is 0 Å². The lowest BCUT2D eigenvalue weighted by atomic mass is 10.1. The summed E-state index contributed by atoms with van der Waals surface area (Å²) in [5.41, 5.74) is 3.31. The van der Waals surface area contributed by atoms with Crippen molar-refractivity contribution in [2.75, 3.05) is 5.32 Å². The van der Waals surface area contributed by atoms with Crippen LogP contribution in [0, 0.1) is 6.92 Å². The molecule has 0 aliphatic carbocycles. The molecule has 2 aromatic carbocycles. The summed E-state index contributed by atoms with van der Waals surface area (Å²) in [4.78, 5) is 8.61. The van der Waals surface area contributed by atoms with Gasteiger partial charge in [-0.15, -0.1) is 0 Å². The molecule has 0 unspecified atom stereocenters. The number of benzene rings is 2. The van der Waals surface area contributed by atoms with E-state index in [1.165, 1.54) is 5.56 Å². The second-order valence-electron chi connectivity index (χ2n) is 4.72. The van der Waals surface area contributed by atoms with E-state index in [1.54, 1.807) is 6.33 Å². The van der Waals surface area contributed by atoms with Gasteiger partial charge in [0.2, 0.25) is 0 Å².